The van der Waals surface area contributed by atoms with Gasteiger partial charge in [-0.05, 0) is 42.0 Å². The summed E-state index contributed by atoms with van der Waals surface area (Å²) in [5, 5.41) is 11.4. The Bertz CT molecular complexity index is 1710. The van der Waals surface area contributed by atoms with Crippen LogP contribution >= 0.6 is 15.9 Å². The maximum atomic E-state index is 14.2. The summed E-state index contributed by atoms with van der Waals surface area (Å²) in [6.07, 6.45) is 2.62. The Balaban J connectivity index is 1.31. The van der Waals surface area contributed by atoms with Gasteiger partial charge in [0.1, 0.15) is 0 Å². The van der Waals surface area contributed by atoms with Crippen molar-refractivity contribution in [2.75, 3.05) is 7.11 Å². The number of benzene rings is 3. The molecule has 1 N–H and O–H groups in total. The summed E-state index contributed by atoms with van der Waals surface area (Å²) in [5.41, 5.74) is 2.98. The monoisotopic (exact) mass is 654 g/mol. The van der Waals surface area contributed by atoms with Crippen LogP contribution in [0.2, 0.25) is 0 Å². The number of imide groups is 2. The second kappa shape index (κ2) is 11.0. The number of aromatic hydroxyl groups is 1. The summed E-state index contributed by atoms with van der Waals surface area (Å²) in [4.78, 5) is 58.6. The van der Waals surface area contributed by atoms with Crippen molar-refractivity contribution in [2.45, 2.75) is 31.8 Å². The summed E-state index contributed by atoms with van der Waals surface area (Å²) in [6.45, 7) is 0.332. The number of carbonyl (C=O) groups is 4. The molecule has 0 spiro atoms. The molecule has 224 valence electrons. The van der Waals surface area contributed by atoms with Crippen LogP contribution < -0.4 is 4.74 Å². The van der Waals surface area contributed by atoms with E-state index in [0.717, 1.165) is 16.7 Å². The van der Waals surface area contributed by atoms with Crippen molar-refractivity contribution in [2.24, 2.45) is 29.6 Å². The zero-order valence-electron chi connectivity index (χ0n) is 24.1. The zero-order valence-corrected chi connectivity index (χ0v) is 25.6. The van der Waals surface area contributed by atoms with Crippen molar-refractivity contribution < 1.29 is 29.0 Å². The summed E-state index contributed by atoms with van der Waals surface area (Å²) in [6, 6.07) is 22.2. The summed E-state index contributed by atoms with van der Waals surface area (Å²) in [7, 11) is 1.46. The predicted octanol–water partition coefficient (Wildman–Crippen LogP) is 5.20. The highest BCUT2D eigenvalue weighted by Crippen LogP contribution is 2.59. The summed E-state index contributed by atoms with van der Waals surface area (Å²) >= 11 is 3.52. The molecule has 44 heavy (non-hydrogen) atoms. The lowest BCUT2D eigenvalue weighted by Gasteiger charge is -2.44. The minimum Gasteiger partial charge on any atom is -0.504 e. The van der Waals surface area contributed by atoms with Gasteiger partial charge in [-0.3, -0.25) is 29.0 Å². The highest BCUT2D eigenvalue weighted by atomic mass is 79.9. The molecule has 4 aliphatic rings. The molecule has 3 aromatic rings. The Morgan fingerprint density at radius 3 is 1.93 bits per heavy atom. The number of fused-ring (bicyclic) bond motifs is 4. The molecule has 0 aromatic heterocycles. The van der Waals surface area contributed by atoms with Gasteiger partial charge in [0.25, 0.3) is 0 Å². The fourth-order valence-corrected chi connectivity index (χ4v) is 8.35. The Morgan fingerprint density at radius 1 is 0.773 bits per heavy atom. The largest absolute Gasteiger partial charge is 0.504 e. The molecule has 1 saturated carbocycles. The van der Waals surface area contributed by atoms with Gasteiger partial charge in [-0.1, -0.05) is 88.2 Å². The average Bonchev–Trinajstić information content (AvgIpc) is 3.42. The summed E-state index contributed by atoms with van der Waals surface area (Å²) < 4.78 is 6.10. The van der Waals surface area contributed by atoms with Crippen LogP contribution in [0, 0.1) is 29.6 Å². The van der Waals surface area contributed by atoms with Crippen LogP contribution in [0.25, 0.3) is 0 Å². The molecule has 0 bridgehead atoms. The average molecular weight is 656 g/mol. The number of likely N-dealkylation sites (tertiary alicyclic amines) is 2. The van der Waals surface area contributed by atoms with Crippen LogP contribution in [-0.4, -0.2) is 45.6 Å². The van der Waals surface area contributed by atoms with Crippen LogP contribution in [0.3, 0.4) is 0 Å². The molecular formula is C35H31BrN2O6. The molecule has 0 unspecified atom stereocenters. The van der Waals surface area contributed by atoms with Crippen molar-refractivity contribution >= 4 is 39.6 Å². The van der Waals surface area contributed by atoms with E-state index in [9.17, 15) is 24.3 Å². The molecule has 0 radical (unpaired) electrons. The van der Waals surface area contributed by atoms with E-state index in [1.807, 2.05) is 66.7 Å². The standard InChI is InChI=1S/C35H31BrN2O6/c1-44-27-15-21(36)14-25(31(27)39)28-22-12-13-23-29(34(42)37(32(23)40)17-19-8-4-2-5-9-19)24(22)16-26-30(28)35(43)38(33(26)41)18-20-10-6-3-7-11-20/h2-12,14-15,23-24,26,28-30,39H,13,16-18H2,1H3/t23-,24+,26+,28+,29-,30+/m0/s1. The highest BCUT2D eigenvalue weighted by Gasteiger charge is 2.62. The number of carbonyl (C=O) groups excluding carboxylic acids is 4. The molecule has 2 aliphatic carbocycles. The van der Waals surface area contributed by atoms with Gasteiger partial charge in [0.2, 0.25) is 23.6 Å². The third-order valence-electron chi connectivity index (χ3n) is 9.82. The van der Waals surface area contributed by atoms with Crippen molar-refractivity contribution in [3.8, 4) is 11.5 Å². The topological polar surface area (TPSA) is 104 Å². The molecule has 7 rings (SSSR count). The number of ether oxygens (including phenoxy) is 1. The fraction of sp³-hybridized carbons (Fsp3) is 0.314. The highest BCUT2D eigenvalue weighted by molar-refractivity contribution is 9.10. The number of allylic oxidation sites excluding steroid dienone is 2. The maximum Gasteiger partial charge on any atom is 0.234 e. The fourth-order valence-electron chi connectivity index (χ4n) is 7.90. The van der Waals surface area contributed by atoms with E-state index < -0.39 is 35.5 Å². The number of halogens is 1. The van der Waals surface area contributed by atoms with E-state index in [-0.39, 0.29) is 54.6 Å². The number of phenols is 1. The second-order valence-corrected chi connectivity index (χ2v) is 13.0. The number of phenolic OH excluding ortho intramolecular Hbond substituents is 1. The van der Waals surface area contributed by atoms with Gasteiger partial charge in [0.15, 0.2) is 11.5 Å². The number of amides is 4. The lowest BCUT2D eigenvalue weighted by atomic mass is 9.57. The number of hydrogen-bond donors (Lipinski definition) is 1. The molecular weight excluding hydrogens is 624 g/mol. The van der Waals surface area contributed by atoms with E-state index in [2.05, 4.69) is 15.9 Å². The quantitative estimate of drug-likeness (QED) is 0.290. The van der Waals surface area contributed by atoms with Crippen LogP contribution in [-0.2, 0) is 32.3 Å². The van der Waals surface area contributed by atoms with Gasteiger partial charge >= 0.3 is 0 Å². The second-order valence-electron chi connectivity index (χ2n) is 12.1. The lowest BCUT2D eigenvalue weighted by molar-refractivity contribution is -0.142. The zero-order chi connectivity index (χ0) is 30.7. The molecule has 4 amide bonds. The van der Waals surface area contributed by atoms with E-state index >= 15 is 0 Å². The lowest BCUT2D eigenvalue weighted by Crippen LogP contribution is -2.43. The molecule has 9 heteroatoms. The number of rotatable bonds is 6. The van der Waals surface area contributed by atoms with Crippen molar-refractivity contribution in [1.29, 1.82) is 0 Å². The van der Waals surface area contributed by atoms with Gasteiger partial charge in [-0.2, -0.15) is 0 Å². The van der Waals surface area contributed by atoms with E-state index in [1.165, 1.54) is 16.9 Å². The summed E-state index contributed by atoms with van der Waals surface area (Å²) in [5.74, 6) is -4.64. The predicted molar refractivity (Wildman–Crippen MR) is 164 cm³/mol. The first-order valence-electron chi connectivity index (χ1n) is 14.8. The SMILES string of the molecule is COc1cc(Br)cc([C@H]2C3=CC[C@@H]4C(=O)N(Cc5ccccc5)C(=O)[C@@H]4[C@@H]3C[C@H]3C(=O)N(Cc4ccccc4)C(=O)[C@@H]23)c1O. The molecule has 8 nitrogen and oxygen atoms in total. The molecule has 2 saturated heterocycles. The van der Waals surface area contributed by atoms with Crippen molar-refractivity contribution in [3.05, 3.63) is 106 Å². The number of hydrogen-bond acceptors (Lipinski definition) is 6. The third kappa shape index (κ3) is 4.48. The first kappa shape index (κ1) is 28.5. The van der Waals surface area contributed by atoms with Crippen molar-refractivity contribution in [1.82, 2.24) is 9.80 Å². The normalized spacial score (nSPS) is 27.6. The van der Waals surface area contributed by atoms with Gasteiger partial charge < -0.3 is 9.84 Å². The molecule has 2 heterocycles. The maximum absolute atomic E-state index is 14.2. The van der Waals surface area contributed by atoms with Gasteiger partial charge in [0, 0.05) is 16.0 Å². The van der Waals surface area contributed by atoms with E-state index in [4.69, 9.17) is 4.74 Å². The van der Waals surface area contributed by atoms with Gasteiger partial charge in [-0.15, -0.1) is 0 Å². The molecule has 3 fully saturated rings. The minimum absolute atomic E-state index is 0.107. The molecule has 6 atom stereocenters. The Labute approximate surface area is 263 Å². The van der Waals surface area contributed by atoms with Crippen LogP contribution in [0.4, 0.5) is 0 Å². The van der Waals surface area contributed by atoms with Gasteiger partial charge in [0.05, 0.1) is 43.9 Å². The first-order valence-corrected chi connectivity index (χ1v) is 15.6. The minimum atomic E-state index is -0.761. The Hall–Kier alpha value is -4.24. The Kier molecular flexibility index (Phi) is 7.16. The number of methoxy groups -OCH3 is 1. The number of nitrogens with zero attached hydrogens (tertiary/aromatic N) is 2. The molecule has 3 aromatic carbocycles. The van der Waals surface area contributed by atoms with Gasteiger partial charge in [-0.25, -0.2) is 0 Å². The Morgan fingerprint density at radius 2 is 1.34 bits per heavy atom. The van der Waals surface area contributed by atoms with Crippen LogP contribution in [0.5, 0.6) is 11.5 Å². The van der Waals surface area contributed by atoms with Crippen molar-refractivity contribution in [3.63, 3.8) is 0 Å². The van der Waals surface area contributed by atoms with Crippen LogP contribution in [0.1, 0.15) is 35.4 Å². The first-order chi connectivity index (χ1) is 21.3. The smallest absolute Gasteiger partial charge is 0.234 e. The van der Waals surface area contributed by atoms with Crippen LogP contribution in [0.15, 0.2) is 88.9 Å². The molecule has 2 aliphatic heterocycles. The third-order valence-corrected chi connectivity index (χ3v) is 10.3. The van der Waals surface area contributed by atoms with E-state index in [1.54, 1.807) is 12.1 Å². The van der Waals surface area contributed by atoms with E-state index in [0.29, 0.717) is 16.5 Å².